The van der Waals surface area contributed by atoms with E-state index in [1.165, 1.54) is 11.8 Å². The molecule has 2 amide bonds. The Labute approximate surface area is 176 Å². The molecule has 1 saturated heterocycles. The van der Waals surface area contributed by atoms with Crippen LogP contribution in [0.1, 0.15) is 5.56 Å². The van der Waals surface area contributed by atoms with Crippen molar-refractivity contribution in [2.75, 3.05) is 31.4 Å². The molecule has 1 unspecified atom stereocenters. The Hall–Kier alpha value is -1.97. The SMILES string of the molecule is CSc1nc(Cl)cc(N(C)CCOc2ccc(CC3SC(=O)NC3=O)cc2)n1. The van der Waals surface area contributed by atoms with E-state index < -0.39 is 0 Å². The molecule has 0 radical (unpaired) electrons. The van der Waals surface area contributed by atoms with Crippen molar-refractivity contribution < 1.29 is 14.3 Å². The van der Waals surface area contributed by atoms with Gasteiger partial charge in [-0.1, -0.05) is 47.3 Å². The molecular weight excluding hydrogens is 420 g/mol. The molecule has 0 spiro atoms. The Morgan fingerprint density at radius 1 is 1.29 bits per heavy atom. The van der Waals surface area contributed by atoms with Crippen molar-refractivity contribution >= 4 is 52.1 Å². The zero-order valence-electron chi connectivity index (χ0n) is 15.3. The minimum atomic E-state index is -0.362. The molecule has 0 aliphatic carbocycles. The molecule has 1 fully saturated rings. The first-order valence-corrected chi connectivity index (χ1v) is 11.0. The summed E-state index contributed by atoms with van der Waals surface area (Å²) < 4.78 is 5.79. The van der Waals surface area contributed by atoms with E-state index in [0.29, 0.717) is 29.9 Å². The Morgan fingerprint density at radius 3 is 2.68 bits per heavy atom. The highest BCUT2D eigenvalue weighted by Crippen LogP contribution is 2.24. The Morgan fingerprint density at radius 2 is 2.04 bits per heavy atom. The van der Waals surface area contributed by atoms with Crippen LogP contribution in [0.3, 0.4) is 0 Å². The number of carbonyl (C=O) groups excluding carboxylic acids is 2. The minimum absolute atomic E-state index is 0.229. The summed E-state index contributed by atoms with van der Waals surface area (Å²) in [7, 11) is 1.92. The lowest BCUT2D eigenvalue weighted by Gasteiger charge is -2.19. The van der Waals surface area contributed by atoms with Gasteiger partial charge in [0.05, 0.1) is 11.8 Å². The molecule has 1 aliphatic rings. The van der Waals surface area contributed by atoms with Gasteiger partial charge < -0.3 is 9.64 Å². The number of amides is 2. The summed E-state index contributed by atoms with van der Waals surface area (Å²) in [5.41, 5.74) is 0.979. The first-order chi connectivity index (χ1) is 13.4. The molecular formula is C18H19ClN4O3S2. The summed E-state index contributed by atoms with van der Waals surface area (Å²) in [6, 6.07) is 9.26. The number of thioether (sulfide) groups is 2. The van der Waals surface area contributed by atoms with E-state index in [-0.39, 0.29) is 16.4 Å². The number of nitrogens with zero attached hydrogens (tertiary/aromatic N) is 3. The van der Waals surface area contributed by atoms with Gasteiger partial charge in [-0.25, -0.2) is 9.97 Å². The van der Waals surface area contributed by atoms with Gasteiger partial charge in [0.15, 0.2) is 5.16 Å². The zero-order chi connectivity index (χ0) is 20.1. The van der Waals surface area contributed by atoms with Gasteiger partial charge in [-0.2, -0.15) is 0 Å². The second-order valence-electron chi connectivity index (χ2n) is 6.04. The van der Waals surface area contributed by atoms with E-state index in [4.69, 9.17) is 16.3 Å². The van der Waals surface area contributed by atoms with Gasteiger partial charge in [0.2, 0.25) is 5.91 Å². The van der Waals surface area contributed by atoms with Crippen LogP contribution in [0, 0.1) is 0 Å². The van der Waals surface area contributed by atoms with Crippen LogP contribution in [-0.4, -0.2) is 52.8 Å². The van der Waals surface area contributed by atoms with Crippen LogP contribution in [0.5, 0.6) is 5.75 Å². The second kappa shape index (κ2) is 9.49. The fourth-order valence-corrected chi connectivity index (χ4v) is 4.01. The first-order valence-electron chi connectivity index (χ1n) is 8.47. The van der Waals surface area contributed by atoms with Crippen LogP contribution in [0.25, 0.3) is 0 Å². The summed E-state index contributed by atoms with van der Waals surface area (Å²) in [6.45, 7) is 1.10. The Kier molecular flexibility index (Phi) is 7.03. The number of carbonyl (C=O) groups is 2. The number of anilines is 1. The Bertz CT molecular complexity index is 866. The van der Waals surface area contributed by atoms with Gasteiger partial charge in [-0.15, -0.1) is 0 Å². The van der Waals surface area contributed by atoms with Crippen LogP contribution in [0.2, 0.25) is 5.15 Å². The predicted molar refractivity (Wildman–Crippen MR) is 113 cm³/mol. The number of ether oxygens (including phenoxy) is 1. The summed E-state index contributed by atoms with van der Waals surface area (Å²) >= 11 is 8.50. The van der Waals surface area contributed by atoms with Gasteiger partial charge in [0.25, 0.3) is 5.24 Å². The van der Waals surface area contributed by atoms with Crippen molar-refractivity contribution in [3.05, 3.63) is 41.0 Å². The molecule has 7 nitrogen and oxygen atoms in total. The summed E-state index contributed by atoms with van der Waals surface area (Å²) in [4.78, 5) is 33.4. The third-order valence-electron chi connectivity index (χ3n) is 4.04. The average molecular weight is 439 g/mol. The molecule has 1 aromatic heterocycles. The monoisotopic (exact) mass is 438 g/mol. The largest absolute Gasteiger partial charge is 0.492 e. The van der Waals surface area contributed by atoms with Gasteiger partial charge >= 0.3 is 0 Å². The van der Waals surface area contributed by atoms with Crippen LogP contribution >= 0.6 is 35.1 Å². The van der Waals surface area contributed by atoms with E-state index >= 15 is 0 Å². The summed E-state index contributed by atoms with van der Waals surface area (Å²) in [6.07, 6.45) is 2.41. The lowest BCUT2D eigenvalue weighted by molar-refractivity contribution is -0.118. The molecule has 0 saturated carbocycles. The van der Waals surface area contributed by atoms with Crippen LogP contribution < -0.4 is 15.0 Å². The summed E-state index contributed by atoms with van der Waals surface area (Å²) in [5.74, 6) is 1.25. The number of rotatable bonds is 8. The number of hydrogen-bond donors (Lipinski definition) is 1. The number of nitrogens with one attached hydrogen (secondary N) is 1. The highest BCUT2D eigenvalue weighted by molar-refractivity contribution is 8.15. The first kappa shape index (κ1) is 20.8. The molecule has 28 heavy (non-hydrogen) atoms. The molecule has 1 N–H and O–H groups in total. The van der Waals surface area contributed by atoms with E-state index in [0.717, 1.165) is 28.9 Å². The zero-order valence-corrected chi connectivity index (χ0v) is 17.7. The van der Waals surface area contributed by atoms with Gasteiger partial charge in [0, 0.05) is 13.1 Å². The third kappa shape index (κ3) is 5.52. The van der Waals surface area contributed by atoms with Crippen molar-refractivity contribution in [3.63, 3.8) is 0 Å². The maximum Gasteiger partial charge on any atom is 0.286 e. The topological polar surface area (TPSA) is 84.4 Å². The summed E-state index contributed by atoms with van der Waals surface area (Å²) in [5, 5.41) is 2.69. The molecule has 1 atom stereocenters. The van der Waals surface area contributed by atoms with Crippen LogP contribution in [0.4, 0.5) is 10.6 Å². The molecule has 10 heteroatoms. The molecule has 1 aliphatic heterocycles. The average Bonchev–Trinajstić information content (AvgIpc) is 2.99. The predicted octanol–water partition coefficient (Wildman–Crippen LogP) is 3.26. The molecule has 1 aromatic carbocycles. The molecule has 148 valence electrons. The van der Waals surface area contributed by atoms with E-state index in [1.807, 2.05) is 42.5 Å². The highest BCUT2D eigenvalue weighted by atomic mass is 35.5. The lowest BCUT2D eigenvalue weighted by Crippen LogP contribution is -2.25. The standard InChI is InChI=1S/C18H19ClN4O3S2/c1-23(15-10-14(19)20-17(21-15)27-2)7-8-26-12-5-3-11(4-6-12)9-13-16(24)22-18(25)28-13/h3-6,10,13H,7-9H2,1-2H3,(H,22,24,25). The van der Waals surface area contributed by atoms with E-state index in [2.05, 4.69) is 15.3 Å². The maximum atomic E-state index is 11.6. The third-order valence-corrected chi connectivity index (χ3v) is 5.76. The number of hydrogen-bond acceptors (Lipinski definition) is 8. The van der Waals surface area contributed by atoms with Gasteiger partial charge in [-0.05, 0) is 30.4 Å². The quantitative estimate of drug-likeness (QED) is 0.382. The van der Waals surface area contributed by atoms with Crippen molar-refractivity contribution in [3.8, 4) is 5.75 Å². The fourth-order valence-electron chi connectivity index (χ4n) is 2.55. The normalized spacial score (nSPS) is 16.2. The molecule has 0 bridgehead atoms. The highest BCUT2D eigenvalue weighted by Gasteiger charge is 2.31. The number of aromatic nitrogens is 2. The maximum absolute atomic E-state index is 11.6. The lowest BCUT2D eigenvalue weighted by atomic mass is 10.1. The number of likely N-dealkylation sites (N-methyl/N-ethyl adjacent to an activating group) is 1. The fraction of sp³-hybridized carbons (Fsp3) is 0.333. The number of halogens is 1. The van der Waals surface area contributed by atoms with Gasteiger partial charge in [-0.3, -0.25) is 14.9 Å². The Balaban J connectivity index is 1.49. The van der Waals surface area contributed by atoms with Crippen molar-refractivity contribution in [1.29, 1.82) is 0 Å². The van der Waals surface area contributed by atoms with E-state index in [1.54, 1.807) is 6.07 Å². The van der Waals surface area contributed by atoms with Gasteiger partial charge in [0.1, 0.15) is 23.3 Å². The minimum Gasteiger partial charge on any atom is -0.492 e. The van der Waals surface area contributed by atoms with Crippen molar-refractivity contribution in [2.45, 2.75) is 16.8 Å². The molecule has 2 aromatic rings. The number of imide groups is 1. The smallest absolute Gasteiger partial charge is 0.286 e. The molecule has 3 rings (SSSR count). The van der Waals surface area contributed by atoms with Crippen LogP contribution in [-0.2, 0) is 11.2 Å². The van der Waals surface area contributed by atoms with Crippen molar-refractivity contribution in [2.24, 2.45) is 0 Å². The second-order valence-corrected chi connectivity index (χ2v) is 8.37. The number of benzene rings is 1. The van der Waals surface area contributed by atoms with Crippen LogP contribution in [0.15, 0.2) is 35.5 Å². The van der Waals surface area contributed by atoms with Crippen molar-refractivity contribution in [1.82, 2.24) is 15.3 Å². The molecule has 2 heterocycles. The van der Waals surface area contributed by atoms with E-state index in [9.17, 15) is 9.59 Å².